The summed E-state index contributed by atoms with van der Waals surface area (Å²) in [6.45, 7) is 3.50. The molecule has 0 heterocycles. The Morgan fingerprint density at radius 2 is 1.05 bits per heavy atom. The molecule has 13 nitrogen and oxygen atoms in total. The number of rotatable bonds is 22. The van der Waals surface area contributed by atoms with Gasteiger partial charge in [-0.2, -0.15) is 0 Å². The van der Waals surface area contributed by atoms with Gasteiger partial charge in [0.05, 0.1) is 38.9 Å². The van der Waals surface area contributed by atoms with Crippen molar-refractivity contribution >= 4 is 35.8 Å². The van der Waals surface area contributed by atoms with Gasteiger partial charge in [0.15, 0.2) is 11.2 Å². The SMILES string of the molecule is CCCCCCCCCCCCOC(=O)CC(O)(CC(=O)OCC)C(=O)OC(=O)CC(O)(CC(=O)O)C(=O)O. The molecule has 13 heteroatoms. The Hall–Kier alpha value is -3.06. The lowest BCUT2D eigenvalue weighted by atomic mass is 9.94. The fourth-order valence-corrected chi connectivity index (χ4v) is 3.66. The number of aliphatic carboxylic acids is 2. The van der Waals surface area contributed by atoms with Crippen LogP contribution in [0.2, 0.25) is 0 Å². The Bertz CT molecular complexity index is 825. The Balaban J connectivity index is 4.91. The highest BCUT2D eigenvalue weighted by molar-refractivity contribution is 5.97. The van der Waals surface area contributed by atoms with E-state index in [9.17, 15) is 39.0 Å². The first-order valence-corrected chi connectivity index (χ1v) is 13.3. The third-order valence-electron chi connectivity index (χ3n) is 5.80. The van der Waals surface area contributed by atoms with Crippen LogP contribution in [0, 0.1) is 0 Å². The van der Waals surface area contributed by atoms with Crippen LogP contribution in [0.25, 0.3) is 0 Å². The fraction of sp³-hybridized carbons (Fsp3) is 0.769. The highest BCUT2D eigenvalue weighted by atomic mass is 16.6. The molecule has 0 aromatic heterocycles. The molecule has 39 heavy (non-hydrogen) atoms. The van der Waals surface area contributed by atoms with E-state index in [0.29, 0.717) is 6.42 Å². The number of aliphatic hydroxyl groups is 2. The number of carboxylic acid groups (broad SMARTS) is 2. The van der Waals surface area contributed by atoms with E-state index in [4.69, 9.17) is 14.9 Å². The summed E-state index contributed by atoms with van der Waals surface area (Å²) in [5.74, 6) is -9.46. The highest BCUT2D eigenvalue weighted by Gasteiger charge is 2.47. The van der Waals surface area contributed by atoms with Gasteiger partial charge in [-0.15, -0.1) is 0 Å². The zero-order valence-corrected chi connectivity index (χ0v) is 22.8. The maximum atomic E-state index is 12.5. The molecule has 0 aromatic carbocycles. The molecule has 0 bridgehead atoms. The van der Waals surface area contributed by atoms with Gasteiger partial charge in [-0.3, -0.25) is 19.2 Å². The van der Waals surface area contributed by atoms with E-state index in [1.165, 1.54) is 39.0 Å². The molecule has 4 N–H and O–H groups in total. The minimum atomic E-state index is -3.10. The second-order valence-electron chi connectivity index (χ2n) is 9.44. The average Bonchev–Trinajstić information content (AvgIpc) is 2.81. The van der Waals surface area contributed by atoms with Crippen molar-refractivity contribution in [1.29, 1.82) is 0 Å². The van der Waals surface area contributed by atoms with Crippen molar-refractivity contribution in [3.8, 4) is 0 Å². The lowest BCUT2D eigenvalue weighted by molar-refractivity contribution is -0.186. The van der Waals surface area contributed by atoms with Crippen LogP contribution in [0.5, 0.6) is 0 Å². The monoisotopic (exact) mass is 562 g/mol. The summed E-state index contributed by atoms with van der Waals surface area (Å²) in [6.07, 6.45) is 5.57. The molecule has 0 saturated carbocycles. The number of unbranched alkanes of at least 4 members (excludes halogenated alkanes) is 9. The molecule has 2 atom stereocenters. The summed E-state index contributed by atoms with van der Waals surface area (Å²) >= 11 is 0. The van der Waals surface area contributed by atoms with Gasteiger partial charge >= 0.3 is 35.8 Å². The predicted octanol–water partition coefficient (Wildman–Crippen LogP) is 2.28. The number of hydrogen-bond acceptors (Lipinski definition) is 11. The van der Waals surface area contributed by atoms with Gasteiger partial charge in [-0.05, 0) is 13.3 Å². The molecule has 0 rings (SSSR count). The van der Waals surface area contributed by atoms with E-state index >= 15 is 0 Å². The first kappa shape index (κ1) is 35.9. The van der Waals surface area contributed by atoms with Gasteiger partial charge < -0.3 is 34.6 Å². The molecule has 0 saturated heterocycles. The van der Waals surface area contributed by atoms with Crippen LogP contribution in [-0.4, -0.2) is 80.7 Å². The van der Waals surface area contributed by atoms with E-state index in [1.54, 1.807) is 0 Å². The lowest BCUT2D eigenvalue weighted by Gasteiger charge is -2.25. The number of carboxylic acids is 2. The van der Waals surface area contributed by atoms with Gasteiger partial charge in [0.2, 0.25) is 0 Å². The van der Waals surface area contributed by atoms with Crippen LogP contribution >= 0.6 is 0 Å². The quantitative estimate of drug-likeness (QED) is 0.0646. The summed E-state index contributed by atoms with van der Waals surface area (Å²) in [7, 11) is 0. The van der Waals surface area contributed by atoms with Gasteiger partial charge in [-0.25, -0.2) is 9.59 Å². The Kier molecular flexibility index (Phi) is 17.6. The minimum absolute atomic E-state index is 0.000367. The van der Waals surface area contributed by atoms with Crippen LogP contribution in [0.3, 0.4) is 0 Å². The van der Waals surface area contributed by atoms with Crippen molar-refractivity contribution in [3.05, 3.63) is 0 Å². The highest BCUT2D eigenvalue weighted by Crippen LogP contribution is 2.23. The largest absolute Gasteiger partial charge is 0.481 e. The van der Waals surface area contributed by atoms with Gasteiger partial charge in [0, 0.05) is 0 Å². The van der Waals surface area contributed by atoms with Crippen LogP contribution in [0.1, 0.15) is 104 Å². The van der Waals surface area contributed by atoms with Gasteiger partial charge in [0.25, 0.3) is 0 Å². The Morgan fingerprint density at radius 1 is 0.590 bits per heavy atom. The molecular formula is C26H42O13. The summed E-state index contributed by atoms with van der Waals surface area (Å²) in [5.41, 5.74) is -6.00. The molecule has 0 aliphatic heterocycles. The van der Waals surface area contributed by atoms with Crippen LogP contribution in [-0.2, 0) is 43.0 Å². The van der Waals surface area contributed by atoms with Gasteiger partial charge in [0.1, 0.15) is 0 Å². The predicted molar refractivity (Wildman–Crippen MR) is 134 cm³/mol. The normalized spacial score (nSPS) is 13.9. The maximum absolute atomic E-state index is 12.5. The van der Waals surface area contributed by atoms with Crippen LogP contribution in [0.15, 0.2) is 0 Å². The molecule has 0 radical (unpaired) electrons. The number of carbonyl (C=O) groups is 6. The minimum Gasteiger partial charge on any atom is -0.481 e. The molecular weight excluding hydrogens is 520 g/mol. The van der Waals surface area contributed by atoms with Gasteiger partial charge in [-0.1, -0.05) is 64.7 Å². The second kappa shape index (κ2) is 19.1. The summed E-state index contributed by atoms with van der Waals surface area (Å²) in [6, 6.07) is 0. The number of carbonyl (C=O) groups excluding carboxylic acids is 4. The third kappa shape index (κ3) is 15.8. The number of esters is 4. The maximum Gasteiger partial charge on any atom is 0.346 e. The standard InChI is InChI=1S/C26H42O13/c1-3-5-6-7-8-9-10-11-12-13-14-38-21(30)17-26(36,16-20(29)37-4-2)24(34)39-22(31)18-25(35,23(32)33)15-19(27)28/h35-36H,3-18H2,1-2H3,(H,27,28)(H,32,33). The Labute approximate surface area is 227 Å². The summed E-state index contributed by atoms with van der Waals surface area (Å²) < 4.78 is 14.1. The fourth-order valence-electron chi connectivity index (χ4n) is 3.66. The molecule has 0 aliphatic rings. The molecule has 0 amide bonds. The molecule has 2 unspecified atom stereocenters. The third-order valence-corrected chi connectivity index (χ3v) is 5.80. The number of ether oxygens (including phenoxy) is 3. The molecule has 0 aliphatic carbocycles. The van der Waals surface area contributed by atoms with E-state index in [-0.39, 0.29) is 13.2 Å². The molecule has 0 fully saturated rings. The van der Waals surface area contributed by atoms with Crippen molar-refractivity contribution in [2.75, 3.05) is 13.2 Å². The van der Waals surface area contributed by atoms with Crippen molar-refractivity contribution in [3.63, 3.8) is 0 Å². The van der Waals surface area contributed by atoms with Crippen molar-refractivity contribution in [2.24, 2.45) is 0 Å². The van der Waals surface area contributed by atoms with Crippen LogP contribution < -0.4 is 0 Å². The first-order chi connectivity index (χ1) is 18.3. The summed E-state index contributed by atoms with van der Waals surface area (Å²) in [5, 5.41) is 38.5. The van der Waals surface area contributed by atoms with E-state index in [2.05, 4.69) is 16.4 Å². The van der Waals surface area contributed by atoms with E-state index in [1.807, 2.05) is 0 Å². The summed E-state index contributed by atoms with van der Waals surface area (Å²) in [4.78, 5) is 70.8. The van der Waals surface area contributed by atoms with Crippen molar-refractivity contribution < 1.29 is 63.4 Å². The molecule has 0 spiro atoms. The number of hydrogen-bond donors (Lipinski definition) is 4. The molecule has 224 valence electrons. The lowest BCUT2D eigenvalue weighted by Crippen LogP contribution is -2.47. The average molecular weight is 563 g/mol. The smallest absolute Gasteiger partial charge is 0.346 e. The zero-order chi connectivity index (χ0) is 29.9. The van der Waals surface area contributed by atoms with E-state index < -0.39 is 72.7 Å². The van der Waals surface area contributed by atoms with Crippen LogP contribution in [0.4, 0.5) is 0 Å². The first-order valence-electron chi connectivity index (χ1n) is 13.3. The zero-order valence-electron chi connectivity index (χ0n) is 22.8. The Morgan fingerprint density at radius 3 is 1.51 bits per heavy atom. The van der Waals surface area contributed by atoms with Crippen molar-refractivity contribution in [1.82, 2.24) is 0 Å². The van der Waals surface area contributed by atoms with Crippen molar-refractivity contribution in [2.45, 2.75) is 115 Å². The van der Waals surface area contributed by atoms with E-state index in [0.717, 1.165) is 25.7 Å². The molecule has 0 aromatic rings. The topological polar surface area (TPSA) is 211 Å². The second-order valence-corrected chi connectivity index (χ2v) is 9.44.